The highest BCUT2D eigenvalue weighted by Crippen LogP contribution is 1.77. The minimum absolute atomic E-state index is 0.667. The molecule has 0 aromatic rings. The second-order valence-electron chi connectivity index (χ2n) is 1.27. The van der Waals surface area contributed by atoms with Crippen molar-refractivity contribution in [2.24, 2.45) is 0 Å². The molecule has 1 radical (unpaired) electrons. The van der Waals surface area contributed by atoms with E-state index in [1.807, 2.05) is 7.05 Å². The van der Waals surface area contributed by atoms with Gasteiger partial charge in [-0.3, -0.25) is 0 Å². The highest BCUT2D eigenvalue weighted by atomic mass is 35.5. The van der Waals surface area contributed by atoms with Gasteiger partial charge in [0.15, 0.2) is 0 Å². The molecule has 6 heavy (non-hydrogen) atoms. The van der Waals surface area contributed by atoms with Gasteiger partial charge in [0.25, 0.3) is 0 Å². The van der Waals surface area contributed by atoms with Gasteiger partial charge in [-0.15, -0.1) is 11.6 Å². The Hall–Kier alpha value is 0.250. The summed E-state index contributed by atoms with van der Waals surface area (Å²) in [5, 5.41) is 0. The second kappa shape index (κ2) is 3.44. The summed E-state index contributed by atoms with van der Waals surface area (Å²) in [7, 11) is 5.47. The number of alkyl halides is 1. The van der Waals surface area contributed by atoms with Crippen molar-refractivity contribution in [1.82, 2.24) is 4.90 Å². The van der Waals surface area contributed by atoms with Crippen LogP contribution in [0.2, 0.25) is 0 Å². The molecule has 0 aliphatic carbocycles. The summed E-state index contributed by atoms with van der Waals surface area (Å²) in [6, 6.07) is 0. The van der Waals surface area contributed by atoms with Crippen LogP contribution in [-0.2, 0) is 0 Å². The number of hydrogen-bond acceptors (Lipinski definition) is 1. The van der Waals surface area contributed by atoms with Crippen molar-refractivity contribution in [1.29, 1.82) is 0 Å². The molecule has 2 heteroatoms. The molecule has 0 saturated heterocycles. The monoisotopic (exact) mass is 106 g/mol. The van der Waals surface area contributed by atoms with Crippen LogP contribution in [-0.4, -0.2) is 24.4 Å². The van der Waals surface area contributed by atoms with Crippen molar-refractivity contribution in [2.45, 2.75) is 0 Å². The molecule has 0 aromatic carbocycles. The topological polar surface area (TPSA) is 3.24 Å². The molecular weight excluding hydrogens is 97.5 g/mol. The van der Waals surface area contributed by atoms with Gasteiger partial charge < -0.3 is 4.90 Å². The minimum atomic E-state index is 0.667. The number of nitrogens with zero attached hydrogens (tertiary/aromatic N) is 1. The van der Waals surface area contributed by atoms with E-state index in [1.165, 1.54) is 0 Å². The molecule has 0 bridgehead atoms. The standard InChI is InChI=1S/C4H9ClN/c1-6(2)4-3-5/h1,3-4H2,2H3. The Morgan fingerprint density at radius 1 is 1.83 bits per heavy atom. The van der Waals surface area contributed by atoms with Crippen molar-refractivity contribution < 1.29 is 0 Å². The lowest BCUT2D eigenvalue weighted by Gasteiger charge is -2.02. The van der Waals surface area contributed by atoms with Crippen LogP contribution in [0.3, 0.4) is 0 Å². The van der Waals surface area contributed by atoms with Crippen LogP contribution in [0.4, 0.5) is 0 Å². The largest absolute Gasteiger partial charge is 0.304 e. The molecule has 0 spiro atoms. The number of rotatable bonds is 2. The highest BCUT2D eigenvalue weighted by molar-refractivity contribution is 6.18. The molecular formula is C4H9ClN. The summed E-state index contributed by atoms with van der Waals surface area (Å²) >= 11 is 5.31. The second-order valence-corrected chi connectivity index (χ2v) is 1.65. The molecule has 0 saturated carbocycles. The van der Waals surface area contributed by atoms with Crippen molar-refractivity contribution in [3.05, 3.63) is 7.05 Å². The molecule has 0 fully saturated rings. The van der Waals surface area contributed by atoms with Crippen LogP contribution in [0.25, 0.3) is 0 Å². The van der Waals surface area contributed by atoms with Crippen LogP contribution in [0.5, 0.6) is 0 Å². The Bertz CT molecular complexity index is 28.7. The van der Waals surface area contributed by atoms with E-state index in [4.69, 9.17) is 11.6 Å². The first kappa shape index (κ1) is 6.25. The fraction of sp³-hybridized carbons (Fsp3) is 0.750. The summed E-state index contributed by atoms with van der Waals surface area (Å²) in [5.74, 6) is 0.667. The summed E-state index contributed by atoms with van der Waals surface area (Å²) < 4.78 is 0. The molecule has 37 valence electrons. The van der Waals surface area contributed by atoms with Gasteiger partial charge in [-0.1, -0.05) is 0 Å². The summed E-state index contributed by atoms with van der Waals surface area (Å²) in [6.07, 6.45) is 0. The van der Waals surface area contributed by atoms with E-state index in [9.17, 15) is 0 Å². The average Bonchev–Trinajstić information content (AvgIpc) is 1.35. The third kappa shape index (κ3) is 4.25. The van der Waals surface area contributed by atoms with E-state index < -0.39 is 0 Å². The molecule has 0 heterocycles. The van der Waals surface area contributed by atoms with Gasteiger partial charge in [0, 0.05) is 19.5 Å². The van der Waals surface area contributed by atoms with Crippen LogP contribution < -0.4 is 0 Å². The van der Waals surface area contributed by atoms with Crippen molar-refractivity contribution in [3.8, 4) is 0 Å². The summed E-state index contributed by atoms with van der Waals surface area (Å²) in [6.45, 7) is 0.863. The van der Waals surface area contributed by atoms with Gasteiger partial charge in [0.2, 0.25) is 0 Å². The maximum absolute atomic E-state index is 5.31. The zero-order valence-electron chi connectivity index (χ0n) is 3.95. The molecule has 0 unspecified atom stereocenters. The predicted molar refractivity (Wildman–Crippen MR) is 28.7 cm³/mol. The molecule has 1 nitrogen and oxygen atoms in total. The Labute approximate surface area is 43.9 Å². The van der Waals surface area contributed by atoms with E-state index in [2.05, 4.69) is 7.05 Å². The van der Waals surface area contributed by atoms with Crippen molar-refractivity contribution >= 4 is 11.6 Å². The van der Waals surface area contributed by atoms with Gasteiger partial charge in [0.05, 0.1) is 0 Å². The Morgan fingerprint density at radius 3 is 2.33 bits per heavy atom. The van der Waals surface area contributed by atoms with Crippen LogP contribution in [0.1, 0.15) is 0 Å². The number of hydrogen-bond donors (Lipinski definition) is 0. The number of halogens is 1. The van der Waals surface area contributed by atoms with Crippen LogP contribution in [0.15, 0.2) is 0 Å². The fourth-order valence-corrected chi connectivity index (χ4v) is 0.433. The zero-order valence-corrected chi connectivity index (χ0v) is 4.70. The smallest absolute Gasteiger partial charge is 0.0351 e. The lowest BCUT2D eigenvalue weighted by molar-refractivity contribution is 0.481. The van der Waals surface area contributed by atoms with Gasteiger partial charge in [-0.05, 0) is 7.05 Å². The first-order valence-corrected chi connectivity index (χ1v) is 2.38. The third-order valence-electron chi connectivity index (χ3n) is 0.466. The molecule has 0 N–H and O–H groups in total. The molecule has 0 atom stereocenters. The SMILES string of the molecule is [CH2]N(C)CCCl. The first-order valence-electron chi connectivity index (χ1n) is 1.85. The highest BCUT2D eigenvalue weighted by Gasteiger charge is 1.81. The maximum atomic E-state index is 5.31. The Balaban J connectivity index is 2.63. The quantitative estimate of drug-likeness (QED) is 0.474. The molecule has 0 aliphatic rings. The van der Waals surface area contributed by atoms with Gasteiger partial charge in [-0.2, -0.15) is 0 Å². The molecule has 0 aliphatic heterocycles. The van der Waals surface area contributed by atoms with E-state index in [-0.39, 0.29) is 0 Å². The van der Waals surface area contributed by atoms with Gasteiger partial charge in [0.1, 0.15) is 0 Å². The van der Waals surface area contributed by atoms with Crippen molar-refractivity contribution in [3.63, 3.8) is 0 Å². The van der Waals surface area contributed by atoms with E-state index >= 15 is 0 Å². The molecule has 0 amide bonds. The van der Waals surface area contributed by atoms with Crippen LogP contribution >= 0.6 is 11.6 Å². The summed E-state index contributed by atoms with van der Waals surface area (Å²) in [4.78, 5) is 1.80. The minimum Gasteiger partial charge on any atom is -0.304 e. The summed E-state index contributed by atoms with van der Waals surface area (Å²) in [5.41, 5.74) is 0. The predicted octanol–water partition coefficient (Wildman–Crippen LogP) is 0.949. The van der Waals surface area contributed by atoms with E-state index in [1.54, 1.807) is 4.90 Å². The lowest BCUT2D eigenvalue weighted by atomic mass is 10.7. The molecule has 0 rings (SSSR count). The van der Waals surface area contributed by atoms with Gasteiger partial charge >= 0.3 is 0 Å². The van der Waals surface area contributed by atoms with Crippen LogP contribution in [0, 0.1) is 7.05 Å². The first-order chi connectivity index (χ1) is 2.77. The van der Waals surface area contributed by atoms with E-state index in [0.717, 1.165) is 6.54 Å². The fourth-order valence-electron chi connectivity index (χ4n) is 0.144. The normalized spacial score (nSPS) is 10.0. The lowest BCUT2D eigenvalue weighted by Crippen LogP contribution is -2.10. The Kier molecular flexibility index (Phi) is 3.58. The van der Waals surface area contributed by atoms with Gasteiger partial charge in [-0.25, -0.2) is 0 Å². The maximum Gasteiger partial charge on any atom is 0.0351 e. The Morgan fingerprint density at radius 2 is 2.33 bits per heavy atom. The zero-order chi connectivity index (χ0) is 4.99. The van der Waals surface area contributed by atoms with Crippen molar-refractivity contribution in [2.75, 3.05) is 19.5 Å². The average molecular weight is 107 g/mol. The molecule has 0 aromatic heterocycles. The third-order valence-corrected chi connectivity index (χ3v) is 0.635. The van der Waals surface area contributed by atoms with E-state index in [0.29, 0.717) is 5.88 Å².